The lowest BCUT2D eigenvalue weighted by molar-refractivity contribution is 0.0785. The van der Waals surface area contributed by atoms with Crippen molar-refractivity contribution in [3.05, 3.63) is 53.4 Å². The van der Waals surface area contributed by atoms with Crippen LogP contribution in [0, 0.1) is 6.92 Å². The molecule has 1 saturated heterocycles. The number of aromatic amines is 1. The standard InChI is InChI=1S/C22H28N6O2/c1-14(2)19-10-21(26-25-19)22(30)27-5-4-16(12-27)20-9-17(8-15(3)24-20)18-11-23-28(13-18)6-7-29/h8-11,13-14,16,29H,4-7,12H2,1-3H3,(H,25,26). The number of aliphatic hydroxyl groups is 1. The van der Waals surface area contributed by atoms with Crippen LogP contribution < -0.4 is 0 Å². The molecule has 30 heavy (non-hydrogen) atoms. The number of likely N-dealkylation sites (tertiary alicyclic amines) is 1. The van der Waals surface area contributed by atoms with Crippen molar-refractivity contribution >= 4 is 5.91 Å². The molecule has 1 aliphatic rings. The number of hydrogen-bond donors (Lipinski definition) is 2. The molecule has 1 atom stereocenters. The highest BCUT2D eigenvalue weighted by atomic mass is 16.3. The molecule has 1 fully saturated rings. The normalized spacial score (nSPS) is 16.6. The van der Waals surface area contributed by atoms with Crippen molar-refractivity contribution in [1.29, 1.82) is 0 Å². The minimum absolute atomic E-state index is 0.0289. The number of hydrogen-bond acceptors (Lipinski definition) is 5. The highest BCUT2D eigenvalue weighted by Gasteiger charge is 2.30. The Hall–Kier alpha value is -3.00. The lowest BCUT2D eigenvalue weighted by atomic mass is 10.00. The van der Waals surface area contributed by atoms with E-state index in [1.54, 1.807) is 4.68 Å². The fourth-order valence-electron chi connectivity index (χ4n) is 3.90. The SMILES string of the molecule is Cc1cc(-c2cnn(CCO)c2)cc(C2CCN(C(=O)c3cc(C(C)C)[nH]n3)C2)n1. The van der Waals surface area contributed by atoms with E-state index in [1.165, 1.54) is 0 Å². The summed E-state index contributed by atoms with van der Waals surface area (Å²) in [5.74, 6) is 0.476. The Bertz CT molecular complexity index is 1040. The summed E-state index contributed by atoms with van der Waals surface area (Å²) in [5.41, 5.74) is 5.45. The van der Waals surface area contributed by atoms with Gasteiger partial charge in [-0.1, -0.05) is 13.8 Å². The topological polar surface area (TPSA) is 99.9 Å². The quantitative estimate of drug-likeness (QED) is 0.653. The zero-order chi connectivity index (χ0) is 21.3. The van der Waals surface area contributed by atoms with Gasteiger partial charge in [-0.15, -0.1) is 0 Å². The number of aromatic nitrogens is 5. The van der Waals surface area contributed by atoms with Crippen molar-refractivity contribution in [2.75, 3.05) is 19.7 Å². The van der Waals surface area contributed by atoms with Crippen molar-refractivity contribution in [3.63, 3.8) is 0 Å². The van der Waals surface area contributed by atoms with Gasteiger partial charge in [-0.05, 0) is 43.0 Å². The number of aliphatic hydroxyl groups excluding tert-OH is 1. The van der Waals surface area contributed by atoms with Crippen LogP contribution in [0.1, 0.15) is 59.7 Å². The fourth-order valence-corrected chi connectivity index (χ4v) is 3.90. The fraction of sp³-hybridized carbons (Fsp3) is 0.455. The van der Waals surface area contributed by atoms with Gasteiger partial charge in [0.25, 0.3) is 5.91 Å². The Labute approximate surface area is 175 Å². The van der Waals surface area contributed by atoms with Gasteiger partial charge in [0.15, 0.2) is 0 Å². The number of nitrogens with zero attached hydrogens (tertiary/aromatic N) is 5. The summed E-state index contributed by atoms with van der Waals surface area (Å²) in [6.45, 7) is 8.00. The first-order valence-corrected chi connectivity index (χ1v) is 10.4. The maximum atomic E-state index is 12.9. The number of nitrogens with one attached hydrogen (secondary N) is 1. The first-order valence-electron chi connectivity index (χ1n) is 10.4. The number of pyridine rings is 1. The van der Waals surface area contributed by atoms with Crippen LogP contribution in [0.2, 0.25) is 0 Å². The number of carbonyl (C=O) groups is 1. The third kappa shape index (κ3) is 4.14. The zero-order valence-electron chi connectivity index (χ0n) is 17.7. The molecule has 8 nitrogen and oxygen atoms in total. The van der Waals surface area contributed by atoms with Gasteiger partial charge in [0.2, 0.25) is 0 Å². The van der Waals surface area contributed by atoms with Crippen molar-refractivity contribution in [1.82, 2.24) is 29.9 Å². The zero-order valence-corrected chi connectivity index (χ0v) is 17.7. The Morgan fingerprint density at radius 1 is 1.30 bits per heavy atom. The van der Waals surface area contributed by atoms with Crippen LogP contribution in [0.3, 0.4) is 0 Å². The first-order chi connectivity index (χ1) is 14.4. The second kappa shape index (κ2) is 8.39. The Morgan fingerprint density at radius 2 is 2.13 bits per heavy atom. The van der Waals surface area contributed by atoms with Crippen molar-refractivity contribution in [2.45, 2.75) is 45.6 Å². The highest BCUT2D eigenvalue weighted by molar-refractivity contribution is 5.92. The van der Waals surface area contributed by atoms with E-state index in [4.69, 9.17) is 10.1 Å². The molecule has 0 aliphatic carbocycles. The van der Waals surface area contributed by atoms with Gasteiger partial charge in [-0.3, -0.25) is 19.6 Å². The molecule has 4 heterocycles. The third-order valence-electron chi connectivity index (χ3n) is 5.60. The van der Waals surface area contributed by atoms with Crippen molar-refractivity contribution < 1.29 is 9.90 Å². The van der Waals surface area contributed by atoms with Crippen LogP contribution in [0.5, 0.6) is 0 Å². The van der Waals surface area contributed by atoms with Crippen LogP contribution in [-0.2, 0) is 6.54 Å². The minimum atomic E-state index is -0.0289. The molecular formula is C22H28N6O2. The molecule has 1 unspecified atom stereocenters. The molecule has 8 heteroatoms. The van der Waals surface area contributed by atoms with E-state index < -0.39 is 0 Å². The minimum Gasteiger partial charge on any atom is -0.394 e. The second-order valence-electron chi connectivity index (χ2n) is 8.24. The number of amides is 1. The second-order valence-corrected chi connectivity index (χ2v) is 8.24. The van der Waals surface area contributed by atoms with Gasteiger partial charge in [0.1, 0.15) is 5.69 Å². The van der Waals surface area contributed by atoms with Gasteiger partial charge in [-0.25, -0.2) is 0 Å². The molecule has 0 radical (unpaired) electrons. The van der Waals surface area contributed by atoms with Crippen LogP contribution in [0.15, 0.2) is 30.6 Å². The summed E-state index contributed by atoms with van der Waals surface area (Å²) in [5, 5.41) is 20.6. The van der Waals surface area contributed by atoms with Crippen LogP contribution >= 0.6 is 0 Å². The Kier molecular flexibility index (Phi) is 5.67. The Balaban J connectivity index is 1.50. The van der Waals surface area contributed by atoms with E-state index in [-0.39, 0.29) is 18.4 Å². The summed E-state index contributed by atoms with van der Waals surface area (Å²) in [4.78, 5) is 19.5. The maximum absolute atomic E-state index is 12.9. The number of rotatable bonds is 6. The van der Waals surface area contributed by atoms with Gasteiger partial charge in [0.05, 0.1) is 19.3 Å². The van der Waals surface area contributed by atoms with Gasteiger partial charge < -0.3 is 10.0 Å². The molecule has 3 aromatic rings. The summed E-state index contributed by atoms with van der Waals surface area (Å²) >= 11 is 0. The summed E-state index contributed by atoms with van der Waals surface area (Å²) in [6.07, 6.45) is 4.62. The largest absolute Gasteiger partial charge is 0.394 e. The molecule has 1 aliphatic heterocycles. The summed E-state index contributed by atoms with van der Waals surface area (Å²) < 4.78 is 1.73. The molecule has 158 valence electrons. The van der Waals surface area contributed by atoms with Crippen molar-refractivity contribution in [3.8, 4) is 11.1 Å². The number of aryl methyl sites for hydroxylation is 1. The number of carbonyl (C=O) groups excluding carboxylic acids is 1. The molecule has 0 saturated carbocycles. The third-order valence-corrected chi connectivity index (χ3v) is 5.60. The van der Waals surface area contributed by atoms with E-state index in [0.29, 0.717) is 31.2 Å². The van der Waals surface area contributed by atoms with E-state index in [0.717, 1.165) is 34.6 Å². The van der Waals surface area contributed by atoms with Gasteiger partial charge >= 0.3 is 0 Å². The maximum Gasteiger partial charge on any atom is 0.274 e. The average molecular weight is 409 g/mol. The van der Waals surface area contributed by atoms with E-state index in [1.807, 2.05) is 36.4 Å². The predicted molar refractivity (Wildman–Crippen MR) is 113 cm³/mol. The average Bonchev–Trinajstić information content (AvgIpc) is 3.47. The molecule has 2 N–H and O–H groups in total. The van der Waals surface area contributed by atoms with Crippen LogP contribution in [0.25, 0.3) is 11.1 Å². The van der Waals surface area contributed by atoms with E-state index in [2.05, 4.69) is 35.2 Å². The Morgan fingerprint density at radius 3 is 2.87 bits per heavy atom. The first kappa shape index (κ1) is 20.3. The molecule has 0 bridgehead atoms. The van der Waals surface area contributed by atoms with Gasteiger partial charge in [-0.2, -0.15) is 10.2 Å². The number of H-pyrrole nitrogens is 1. The predicted octanol–water partition coefficient (Wildman–Crippen LogP) is 2.72. The smallest absolute Gasteiger partial charge is 0.274 e. The lowest BCUT2D eigenvalue weighted by Crippen LogP contribution is -2.28. The lowest BCUT2D eigenvalue weighted by Gasteiger charge is -2.15. The monoisotopic (exact) mass is 408 g/mol. The van der Waals surface area contributed by atoms with E-state index in [9.17, 15) is 4.79 Å². The molecule has 0 aromatic carbocycles. The van der Waals surface area contributed by atoms with E-state index >= 15 is 0 Å². The molecule has 3 aromatic heterocycles. The molecule has 4 rings (SSSR count). The van der Waals surface area contributed by atoms with Gasteiger partial charge in [0, 0.05) is 47.8 Å². The molecule has 1 amide bonds. The molecule has 0 spiro atoms. The molecular weight excluding hydrogens is 380 g/mol. The highest BCUT2D eigenvalue weighted by Crippen LogP contribution is 2.30. The summed E-state index contributed by atoms with van der Waals surface area (Å²) in [7, 11) is 0. The van der Waals surface area contributed by atoms with Crippen molar-refractivity contribution in [2.24, 2.45) is 0 Å². The van der Waals surface area contributed by atoms with Crippen LogP contribution in [0.4, 0.5) is 0 Å². The summed E-state index contributed by atoms with van der Waals surface area (Å²) in [6, 6.07) is 5.99. The van der Waals surface area contributed by atoms with Crippen LogP contribution in [-0.4, -0.2) is 60.6 Å².